The van der Waals surface area contributed by atoms with Gasteiger partial charge in [0.05, 0.1) is 18.7 Å². The Hall–Kier alpha value is -1.81. The van der Waals surface area contributed by atoms with Gasteiger partial charge in [-0.05, 0) is 50.4 Å². The van der Waals surface area contributed by atoms with Crippen LogP contribution in [0.15, 0.2) is 42.1 Å². The molecule has 0 radical (unpaired) electrons. The molecule has 24 heavy (non-hydrogen) atoms. The van der Waals surface area contributed by atoms with E-state index in [2.05, 4.69) is 46.6 Å². The molecule has 1 aliphatic carbocycles. The van der Waals surface area contributed by atoms with Crippen molar-refractivity contribution in [1.82, 2.24) is 10.2 Å². The molecule has 1 saturated carbocycles. The van der Waals surface area contributed by atoms with Crippen molar-refractivity contribution in [2.75, 3.05) is 20.2 Å². The van der Waals surface area contributed by atoms with Gasteiger partial charge in [-0.25, -0.2) is 4.79 Å². The van der Waals surface area contributed by atoms with Crippen molar-refractivity contribution < 1.29 is 9.53 Å². The summed E-state index contributed by atoms with van der Waals surface area (Å²) in [6.07, 6.45) is 8.28. The molecule has 2 heterocycles. The highest BCUT2D eigenvalue weighted by Crippen LogP contribution is 2.52. The fraction of sp³-hybridized carbons (Fsp3) is 0.550. The van der Waals surface area contributed by atoms with Crippen molar-refractivity contribution in [3.05, 3.63) is 47.7 Å². The van der Waals surface area contributed by atoms with Gasteiger partial charge in [0.1, 0.15) is 5.70 Å². The molecule has 0 aromatic heterocycles. The molecule has 0 unspecified atom stereocenters. The van der Waals surface area contributed by atoms with E-state index in [0.717, 1.165) is 6.42 Å². The minimum atomic E-state index is -0.252. The molecule has 0 bridgehead atoms. The highest BCUT2D eigenvalue weighted by atomic mass is 16.5. The van der Waals surface area contributed by atoms with E-state index in [1.54, 1.807) is 0 Å². The lowest BCUT2D eigenvalue weighted by Gasteiger charge is -2.51. The number of fused-ring (bicyclic) bond motifs is 1. The summed E-state index contributed by atoms with van der Waals surface area (Å²) in [6, 6.07) is 10.8. The zero-order valence-electron chi connectivity index (χ0n) is 14.3. The van der Waals surface area contributed by atoms with Crippen LogP contribution in [0.1, 0.15) is 43.7 Å². The van der Waals surface area contributed by atoms with Gasteiger partial charge >= 0.3 is 5.97 Å². The normalized spacial score (nSPS) is 32.8. The minimum Gasteiger partial charge on any atom is -0.464 e. The number of carbonyl (C=O) groups is 1. The number of likely N-dealkylation sites (tertiary alicyclic amines) is 1. The molecule has 2 aliphatic heterocycles. The minimum absolute atomic E-state index is 0.0926. The molecule has 4 nitrogen and oxygen atoms in total. The van der Waals surface area contributed by atoms with Gasteiger partial charge in [-0.3, -0.25) is 4.90 Å². The highest BCUT2D eigenvalue weighted by molar-refractivity contribution is 5.88. The van der Waals surface area contributed by atoms with E-state index in [1.165, 1.54) is 51.4 Å². The molecule has 4 rings (SSSR count). The highest BCUT2D eigenvalue weighted by Gasteiger charge is 2.55. The molecular weight excluding hydrogens is 300 g/mol. The van der Waals surface area contributed by atoms with Crippen LogP contribution in [0.3, 0.4) is 0 Å². The Morgan fingerprint density at radius 3 is 2.67 bits per heavy atom. The third kappa shape index (κ3) is 2.35. The van der Waals surface area contributed by atoms with Crippen LogP contribution in [-0.4, -0.2) is 36.6 Å². The predicted molar refractivity (Wildman–Crippen MR) is 93.3 cm³/mol. The summed E-state index contributed by atoms with van der Waals surface area (Å²) in [7, 11) is 1.46. The number of hydrogen-bond acceptors (Lipinski definition) is 4. The SMILES string of the molecule is COC(=O)C1=C[C@@H]2CCC[C@]2(N2CCCC2)[C@H](c2ccccc2)N1. The molecule has 1 aromatic carbocycles. The largest absolute Gasteiger partial charge is 0.464 e. The smallest absolute Gasteiger partial charge is 0.353 e. The Morgan fingerprint density at radius 2 is 1.96 bits per heavy atom. The van der Waals surface area contributed by atoms with Crippen LogP contribution < -0.4 is 5.32 Å². The second-order valence-electron chi connectivity index (χ2n) is 7.24. The van der Waals surface area contributed by atoms with Gasteiger partial charge in [-0.2, -0.15) is 0 Å². The number of nitrogens with zero attached hydrogens (tertiary/aromatic N) is 1. The third-order valence-corrected chi connectivity index (χ3v) is 6.14. The first-order chi connectivity index (χ1) is 11.8. The van der Waals surface area contributed by atoms with E-state index in [0.29, 0.717) is 11.6 Å². The van der Waals surface area contributed by atoms with Gasteiger partial charge in [0.25, 0.3) is 0 Å². The van der Waals surface area contributed by atoms with Crippen LogP contribution in [0.25, 0.3) is 0 Å². The van der Waals surface area contributed by atoms with E-state index >= 15 is 0 Å². The number of carbonyl (C=O) groups excluding carboxylic acids is 1. The number of nitrogens with one attached hydrogen (secondary N) is 1. The molecule has 1 N–H and O–H groups in total. The first-order valence-electron chi connectivity index (χ1n) is 9.12. The Bertz CT molecular complexity index is 636. The Kier molecular flexibility index (Phi) is 4.09. The van der Waals surface area contributed by atoms with Crippen molar-refractivity contribution in [2.24, 2.45) is 5.92 Å². The Morgan fingerprint density at radius 1 is 1.21 bits per heavy atom. The Balaban J connectivity index is 1.80. The topological polar surface area (TPSA) is 41.6 Å². The monoisotopic (exact) mass is 326 g/mol. The van der Waals surface area contributed by atoms with E-state index in [-0.39, 0.29) is 17.6 Å². The average molecular weight is 326 g/mol. The Labute approximate surface area is 143 Å². The molecule has 3 atom stereocenters. The first kappa shape index (κ1) is 15.7. The lowest BCUT2D eigenvalue weighted by atomic mass is 9.73. The van der Waals surface area contributed by atoms with Crippen molar-refractivity contribution in [2.45, 2.75) is 43.7 Å². The molecule has 3 aliphatic rings. The maximum atomic E-state index is 12.2. The molecule has 0 spiro atoms. The van der Waals surface area contributed by atoms with Crippen LogP contribution in [-0.2, 0) is 9.53 Å². The molecule has 128 valence electrons. The summed E-state index contributed by atoms with van der Waals surface area (Å²) in [5.74, 6) is 0.161. The van der Waals surface area contributed by atoms with Gasteiger partial charge in [-0.1, -0.05) is 36.8 Å². The second kappa shape index (κ2) is 6.25. The molecule has 2 fully saturated rings. The summed E-state index contributed by atoms with van der Waals surface area (Å²) < 4.78 is 5.00. The summed E-state index contributed by atoms with van der Waals surface area (Å²) >= 11 is 0. The summed E-state index contributed by atoms with van der Waals surface area (Å²) in [4.78, 5) is 14.9. The van der Waals surface area contributed by atoms with Gasteiger partial charge < -0.3 is 10.1 Å². The van der Waals surface area contributed by atoms with Gasteiger partial charge in [-0.15, -0.1) is 0 Å². The number of esters is 1. The molecule has 4 heteroatoms. The van der Waals surface area contributed by atoms with E-state index in [9.17, 15) is 4.79 Å². The zero-order chi connectivity index (χ0) is 16.6. The van der Waals surface area contributed by atoms with Crippen LogP contribution >= 0.6 is 0 Å². The first-order valence-corrected chi connectivity index (χ1v) is 9.12. The molecule has 1 aromatic rings. The second-order valence-corrected chi connectivity index (χ2v) is 7.24. The summed E-state index contributed by atoms with van der Waals surface area (Å²) in [5, 5.41) is 3.55. The fourth-order valence-electron chi connectivity index (χ4n) is 5.12. The number of ether oxygens (including phenoxy) is 1. The van der Waals surface area contributed by atoms with Gasteiger partial charge in [0, 0.05) is 5.92 Å². The zero-order valence-corrected chi connectivity index (χ0v) is 14.3. The van der Waals surface area contributed by atoms with Crippen LogP contribution in [0.5, 0.6) is 0 Å². The van der Waals surface area contributed by atoms with E-state index in [1.807, 2.05) is 0 Å². The number of methoxy groups -OCH3 is 1. The van der Waals surface area contributed by atoms with Crippen molar-refractivity contribution >= 4 is 5.97 Å². The standard InChI is InChI=1S/C20H26N2O2/c1-24-19(23)17-14-16-10-7-11-20(16,22-12-5-6-13-22)18(21-17)15-8-3-2-4-9-15/h2-4,8-9,14,16,18,21H,5-7,10-13H2,1H3/t16-,18-,20+/m0/s1. The number of hydrogen-bond donors (Lipinski definition) is 1. The molecule has 0 amide bonds. The number of rotatable bonds is 3. The molecule has 1 saturated heterocycles. The summed E-state index contributed by atoms with van der Waals surface area (Å²) in [5.41, 5.74) is 1.99. The lowest BCUT2D eigenvalue weighted by molar-refractivity contribution is -0.137. The maximum Gasteiger partial charge on any atom is 0.353 e. The van der Waals surface area contributed by atoms with E-state index in [4.69, 9.17) is 4.74 Å². The average Bonchev–Trinajstić information content (AvgIpc) is 3.30. The lowest BCUT2D eigenvalue weighted by Crippen LogP contribution is -2.60. The maximum absolute atomic E-state index is 12.2. The molecular formula is C20H26N2O2. The van der Waals surface area contributed by atoms with Gasteiger partial charge in [0.2, 0.25) is 0 Å². The quantitative estimate of drug-likeness (QED) is 0.867. The van der Waals surface area contributed by atoms with Crippen molar-refractivity contribution in [3.8, 4) is 0 Å². The van der Waals surface area contributed by atoms with E-state index < -0.39 is 0 Å². The van der Waals surface area contributed by atoms with Crippen LogP contribution in [0, 0.1) is 5.92 Å². The van der Waals surface area contributed by atoms with Crippen molar-refractivity contribution in [3.63, 3.8) is 0 Å². The van der Waals surface area contributed by atoms with Crippen LogP contribution in [0.4, 0.5) is 0 Å². The van der Waals surface area contributed by atoms with Crippen molar-refractivity contribution in [1.29, 1.82) is 0 Å². The number of benzene rings is 1. The van der Waals surface area contributed by atoms with Gasteiger partial charge in [0.15, 0.2) is 0 Å². The van der Waals surface area contributed by atoms with Crippen LogP contribution in [0.2, 0.25) is 0 Å². The fourth-order valence-corrected chi connectivity index (χ4v) is 5.12. The predicted octanol–water partition coefficient (Wildman–Crippen LogP) is 3.02. The third-order valence-electron chi connectivity index (χ3n) is 6.14. The summed E-state index contributed by atoms with van der Waals surface area (Å²) in [6.45, 7) is 2.34.